The molecule has 1 aliphatic carbocycles. The summed E-state index contributed by atoms with van der Waals surface area (Å²) in [4.78, 5) is 32.5. The molecule has 2 aliphatic heterocycles. The average Bonchev–Trinajstić information content (AvgIpc) is 3.54. The first-order valence-corrected chi connectivity index (χ1v) is 13.5. The van der Waals surface area contributed by atoms with E-state index in [0.29, 0.717) is 12.2 Å². The number of hydrogen-bond acceptors (Lipinski definition) is 3. The van der Waals surface area contributed by atoms with Gasteiger partial charge in [0.25, 0.3) is 5.91 Å². The van der Waals surface area contributed by atoms with Crippen LogP contribution in [-0.2, 0) is 17.9 Å². The number of piperidine rings is 1. The van der Waals surface area contributed by atoms with Crippen LogP contribution in [0.3, 0.4) is 0 Å². The number of nitrogens with zero attached hydrogens (tertiary/aromatic N) is 3. The summed E-state index contributed by atoms with van der Waals surface area (Å²) in [6, 6.07) is 21.0. The Morgan fingerprint density at radius 1 is 0.972 bits per heavy atom. The zero-order valence-electron chi connectivity index (χ0n) is 21.2. The molecule has 0 spiro atoms. The lowest BCUT2D eigenvalue weighted by Crippen LogP contribution is -2.68. The van der Waals surface area contributed by atoms with Crippen molar-refractivity contribution in [2.45, 2.75) is 76.2 Å². The van der Waals surface area contributed by atoms with Gasteiger partial charge in [-0.25, -0.2) is 0 Å². The van der Waals surface area contributed by atoms with Crippen LogP contribution in [0.15, 0.2) is 60.7 Å². The lowest BCUT2D eigenvalue weighted by atomic mass is 9.89. The third-order valence-corrected chi connectivity index (χ3v) is 8.60. The largest absolute Gasteiger partial charge is 0.351 e. The second-order valence-electron chi connectivity index (χ2n) is 11.1. The van der Waals surface area contributed by atoms with Gasteiger partial charge in [-0.05, 0) is 50.3 Å². The number of nitrogens with one attached hydrogen (secondary N) is 1. The van der Waals surface area contributed by atoms with Crippen molar-refractivity contribution in [3.63, 3.8) is 0 Å². The zero-order valence-corrected chi connectivity index (χ0v) is 21.2. The van der Waals surface area contributed by atoms with Crippen molar-refractivity contribution < 1.29 is 9.59 Å². The quantitative estimate of drug-likeness (QED) is 0.577. The number of benzene rings is 2. The van der Waals surface area contributed by atoms with Gasteiger partial charge in [0.1, 0.15) is 11.2 Å². The maximum Gasteiger partial charge on any atom is 0.271 e. The molecule has 1 saturated carbocycles. The molecule has 36 heavy (non-hydrogen) atoms. The second kappa shape index (κ2) is 9.40. The molecule has 6 heteroatoms. The van der Waals surface area contributed by atoms with E-state index in [9.17, 15) is 9.59 Å². The summed E-state index contributed by atoms with van der Waals surface area (Å²) in [6.45, 7) is 5.25. The minimum absolute atomic E-state index is 0.00195. The Balaban J connectivity index is 1.29. The Bertz CT molecular complexity index is 1250. The molecule has 1 N–H and O–H groups in total. The lowest BCUT2D eigenvalue weighted by Gasteiger charge is -2.50. The first-order chi connectivity index (χ1) is 17.5. The number of fused-ring (bicyclic) bond motifs is 3. The Morgan fingerprint density at radius 3 is 2.42 bits per heavy atom. The van der Waals surface area contributed by atoms with Crippen LogP contribution in [-0.4, -0.2) is 56.9 Å². The van der Waals surface area contributed by atoms with Crippen molar-refractivity contribution in [3.05, 3.63) is 71.9 Å². The predicted octanol–water partition coefficient (Wildman–Crippen LogP) is 4.58. The van der Waals surface area contributed by atoms with Crippen LogP contribution in [0.1, 0.15) is 61.5 Å². The van der Waals surface area contributed by atoms with E-state index in [0.717, 1.165) is 69.1 Å². The summed E-state index contributed by atoms with van der Waals surface area (Å²) in [5, 5.41) is 4.39. The molecule has 188 valence electrons. The van der Waals surface area contributed by atoms with E-state index in [1.54, 1.807) is 0 Å². The van der Waals surface area contributed by atoms with Crippen LogP contribution in [0, 0.1) is 0 Å². The maximum absolute atomic E-state index is 14.1. The van der Waals surface area contributed by atoms with Crippen LogP contribution in [0.2, 0.25) is 0 Å². The molecule has 6 nitrogen and oxygen atoms in total. The van der Waals surface area contributed by atoms with Gasteiger partial charge >= 0.3 is 0 Å². The SMILES string of the molecule is CC1(C(=O)NC2CCCC2)Cn2c(cc3ccccc32)C(=O)N1C1CCN(Cc2ccccc2)CC1. The second-order valence-corrected chi connectivity index (χ2v) is 11.1. The van der Waals surface area contributed by atoms with Gasteiger partial charge in [0.2, 0.25) is 5.91 Å². The number of rotatable bonds is 5. The Labute approximate surface area is 213 Å². The van der Waals surface area contributed by atoms with Crippen molar-refractivity contribution in [2.75, 3.05) is 13.1 Å². The molecule has 2 aromatic carbocycles. The number of amides is 2. The van der Waals surface area contributed by atoms with Gasteiger partial charge in [-0.1, -0.05) is 61.4 Å². The third kappa shape index (κ3) is 4.11. The Kier molecular flexibility index (Phi) is 6.08. The lowest BCUT2D eigenvalue weighted by molar-refractivity contribution is -0.135. The summed E-state index contributed by atoms with van der Waals surface area (Å²) in [7, 11) is 0. The first kappa shape index (κ1) is 23.3. The molecular formula is C30H36N4O2. The topological polar surface area (TPSA) is 57.6 Å². The van der Waals surface area contributed by atoms with Crippen molar-refractivity contribution >= 4 is 22.7 Å². The highest BCUT2D eigenvalue weighted by Crippen LogP contribution is 2.36. The number of carbonyl (C=O) groups is 2. The summed E-state index contributed by atoms with van der Waals surface area (Å²) < 4.78 is 2.08. The molecule has 1 unspecified atom stereocenters. The molecule has 3 aromatic rings. The van der Waals surface area contributed by atoms with Gasteiger partial charge in [-0.15, -0.1) is 0 Å². The predicted molar refractivity (Wildman–Crippen MR) is 142 cm³/mol. The van der Waals surface area contributed by atoms with Gasteiger partial charge in [0.05, 0.1) is 6.54 Å². The van der Waals surface area contributed by atoms with E-state index in [1.165, 1.54) is 5.56 Å². The fraction of sp³-hybridized carbons (Fsp3) is 0.467. The molecule has 2 fully saturated rings. The minimum atomic E-state index is -0.916. The van der Waals surface area contributed by atoms with Crippen LogP contribution in [0.25, 0.3) is 10.9 Å². The zero-order chi connectivity index (χ0) is 24.7. The van der Waals surface area contributed by atoms with Gasteiger partial charge in [-0.2, -0.15) is 0 Å². The van der Waals surface area contributed by atoms with Gasteiger partial charge in [0.15, 0.2) is 0 Å². The fourth-order valence-corrected chi connectivity index (χ4v) is 6.63. The monoisotopic (exact) mass is 484 g/mol. The van der Waals surface area contributed by atoms with Crippen LogP contribution in [0.5, 0.6) is 0 Å². The third-order valence-electron chi connectivity index (χ3n) is 8.60. The smallest absolute Gasteiger partial charge is 0.271 e. The highest BCUT2D eigenvalue weighted by atomic mass is 16.2. The van der Waals surface area contributed by atoms with Crippen LogP contribution >= 0.6 is 0 Å². The van der Waals surface area contributed by atoms with E-state index >= 15 is 0 Å². The fourth-order valence-electron chi connectivity index (χ4n) is 6.63. The van der Waals surface area contributed by atoms with Crippen LogP contribution in [0.4, 0.5) is 0 Å². The summed E-state index contributed by atoms with van der Waals surface area (Å²) in [6.07, 6.45) is 6.15. The molecule has 6 rings (SSSR count). The first-order valence-electron chi connectivity index (χ1n) is 13.5. The Hall–Kier alpha value is -3.12. The highest BCUT2D eigenvalue weighted by Gasteiger charge is 2.51. The van der Waals surface area contributed by atoms with Crippen molar-refractivity contribution in [1.82, 2.24) is 19.7 Å². The molecule has 2 amide bonds. The van der Waals surface area contributed by atoms with Gasteiger partial charge in [0, 0.05) is 42.6 Å². The molecule has 0 radical (unpaired) electrons. The summed E-state index contributed by atoms with van der Waals surface area (Å²) in [5.74, 6) is -0.0130. The van der Waals surface area contributed by atoms with Crippen molar-refractivity contribution in [1.29, 1.82) is 0 Å². The van der Waals surface area contributed by atoms with Gasteiger partial charge < -0.3 is 14.8 Å². The highest BCUT2D eigenvalue weighted by molar-refractivity contribution is 6.03. The molecule has 0 bridgehead atoms. The number of carbonyl (C=O) groups excluding carboxylic acids is 2. The van der Waals surface area contributed by atoms with E-state index in [2.05, 4.69) is 57.2 Å². The van der Waals surface area contributed by atoms with E-state index < -0.39 is 5.54 Å². The maximum atomic E-state index is 14.1. The average molecular weight is 485 g/mol. The number of aromatic nitrogens is 1. The number of likely N-dealkylation sites (tertiary alicyclic amines) is 1. The normalized spacial score (nSPS) is 23.8. The van der Waals surface area contributed by atoms with Crippen molar-refractivity contribution in [3.8, 4) is 0 Å². The number of hydrogen-bond donors (Lipinski definition) is 1. The summed E-state index contributed by atoms with van der Waals surface area (Å²) in [5.41, 5.74) is 2.13. The molecule has 1 atom stereocenters. The van der Waals surface area contributed by atoms with Crippen molar-refractivity contribution in [2.24, 2.45) is 0 Å². The van der Waals surface area contributed by atoms with E-state index in [4.69, 9.17) is 0 Å². The minimum Gasteiger partial charge on any atom is -0.351 e. The van der Waals surface area contributed by atoms with Gasteiger partial charge in [-0.3, -0.25) is 14.5 Å². The van der Waals surface area contributed by atoms with Crippen LogP contribution < -0.4 is 5.32 Å². The molecule has 1 saturated heterocycles. The van der Waals surface area contributed by atoms with E-state index in [-0.39, 0.29) is 23.9 Å². The molecular weight excluding hydrogens is 448 g/mol. The molecule has 3 heterocycles. The van der Waals surface area contributed by atoms with E-state index in [1.807, 2.05) is 30.0 Å². The number of para-hydroxylation sites is 1. The molecule has 3 aliphatic rings. The Morgan fingerprint density at radius 2 is 1.67 bits per heavy atom. The standard InChI is InChI=1S/C30H36N4O2/c1-30(29(36)31-24-12-6-7-13-24)21-33-26-14-8-5-11-23(26)19-27(33)28(35)34(30)25-15-17-32(18-16-25)20-22-9-3-2-4-10-22/h2-5,8-11,14,19,24-25H,6-7,12-13,15-18,20-21H2,1H3,(H,31,36). The summed E-state index contributed by atoms with van der Waals surface area (Å²) >= 11 is 0. The molecule has 1 aromatic heterocycles.